The first kappa shape index (κ1) is 24.9. The molecule has 3 aromatic rings. The molecule has 8 nitrogen and oxygen atoms in total. The predicted octanol–water partition coefficient (Wildman–Crippen LogP) is 5.49. The van der Waals surface area contributed by atoms with E-state index in [2.05, 4.69) is 26.2 Å². The standard InChI is InChI=1S/C24H19BrClN3O5S/c1-2-7-34-23(32)17-10-15(4-5-18(17)26)28-21(30)12-29-22(31)20(35-24(29)33)8-13-11-27-19-6-3-14(25)9-16(13)19/h3-6,8-11,31H,2,7,12H2,1H3,(H,28,30). The molecule has 2 aromatic carbocycles. The number of carbonyl (C=O) groups excluding carboxylic acids is 2. The summed E-state index contributed by atoms with van der Waals surface area (Å²) >= 11 is 10.3. The van der Waals surface area contributed by atoms with Crippen molar-refractivity contribution >= 4 is 80.0 Å². The van der Waals surface area contributed by atoms with Gasteiger partial charge in [0.05, 0.1) is 27.8 Å². The molecule has 0 saturated carbocycles. The van der Waals surface area contributed by atoms with E-state index in [4.69, 9.17) is 16.3 Å². The zero-order valence-corrected chi connectivity index (χ0v) is 21.5. The van der Waals surface area contributed by atoms with Gasteiger partial charge in [-0.15, -0.1) is 0 Å². The van der Waals surface area contributed by atoms with Gasteiger partial charge in [-0.05, 0) is 48.9 Å². The van der Waals surface area contributed by atoms with Crippen LogP contribution in [0.1, 0.15) is 34.1 Å². The van der Waals surface area contributed by atoms with Crippen LogP contribution < -0.4 is 10.2 Å². The van der Waals surface area contributed by atoms with Gasteiger partial charge in [-0.25, -0.2) is 4.79 Å². The van der Waals surface area contributed by atoms with Crippen molar-refractivity contribution in [2.45, 2.75) is 19.9 Å². The summed E-state index contributed by atoms with van der Waals surface area (Å²) in [5, 5.41) is 13.4. The summed E-state index contributed by atoms with van der Waals surface area (Å²) in [6, 6.07) is 10.0. The number of hydrogen-bond donors (Lipinski definition) is 2. The molecule has 1 aliphatic heterocycles. The van der Waals surface area contributed by atoms with E-state index in [0.717, 1.165) is 37.2 Å². The first-order chi connectivity index (χ1) is 16.8. The molecular formula is C24H19BrClN3O5S. The van der Waals surface area contributed by atoms with Crippen LogP contribution in [0.2, 0.25) is 5.02 Å². The summed E-state index contributed by atoms with van der Waals surface area (Å²) in [6.07, 6.45) is 3.97. The number of aromatic nitrogens is 1. The molecule has 0 radical (unpaired) electrons. The maximum atomic E-state index is 12.6. The van der Waals surface area contributed by atoms with Gasteiger partial charge in [-0.1, -0.05) is 45.8 Å². The minimum atomic E-state index is -0.596. The van der Waals surface area contributed by atoms with Crippen LogP contribution in [0.3, 0.4) is 0 Å². The Hall–Kier alpha value is -3.21. The Morgan fingerprint density at radius 3 is 2.86 bits per heavy atom. The van der Waals surface area contributed by atoms with Gasteiger partial charge in [0, 0.05) is 27.5 Å². The van der Waals surface area contributed by atoms with E-state index in [0.29, 0.717) is 17.0 Å². The summed E-state index contributed by atoms with van der Waals surface area (Å²) in [5.41, 5.74) is 2.80. The lowest BCUT2D eigenvalue weighted by Gasteiger charge is -2.10. The van der Waals surface area contributed by atoms with Crippen molar-refractivity contribution in [2.24, 2.45) is 4.99 Å². The fourth-order valence-corrected chi connectivity index (χ4v) is 4.73. The molecule has 4 rings (SSSR count). The molecule has 1 amide bonds. The Morgan fingerprint density at radius 2 is 2.09 bits per heavy atom. The number of aromatic hydroxyl groups is 1. The Morgan fingerprint density at radius 1 is 1.29 bits per heavy atom. The number of fused-ring (bicyclic) bond motifs is 1. The molecule has 11 heteroatoms. The van der Waals surface area contributed by atoms with Crippen LogP contribution in [0.25, 0.3) is 11.6 Å². The highest BCUT2D eigenvalue weighted by atomic mass is 79.9. The number of thiazole rings is 1. The fourth-order valence-electron chi connectivity index (χ4n) is 3.34. The van der Waals surface area contributed by atoms with Crippen molar-refractivity contribution in [3.05, 3.63) is 71.6 Å². The molecule has 0 bridgehead atoms. The highest BCUT2D eigenvalue weighted by molar-refractivity contribution is 9.10. The second kappa shape index (κ2) is 10.6. The Labute approximate surface area is 217 Å². The number of allylic oxidation sites excluding steroid dienone is 1. The number of rotatable bonds is 7. The van der Waals surface area contributed by atoms with Gasteiger partial charge in [0.25, 0.3) is 0 Å². The van der Waals surface area contributed by atoms with E-state index in [-0.39, 0.29) is 23.1 Å². The molecule has 2 N–H and O–H groups in total. The molecule has 2 heterocycles. The predicted molar refractivity (Wildman–Crippen MR) is 141 cm³/mol. The molecule has 0 atom stereocenters. The lowest BCUT2D eigenvalue weighted by molar-refractivity contribution is -0.116. The number of esters is 1. The Balaban J connectivity index is 1.51. The Kier molecular flexibility index (Phi) is 7.54. The molecule has 1 aromatic heterocycles. The van der Waals surface area contributed by atoms with E-state index in [1.807, 2.05) is 25.1 Å². The van der Waals surface area contributed by atoms with Crippen LogP contribution in [0.15, 0.2) is 50.7 Å². The average Bonchev–Trinajstić information content (AvgIpc) is 3.34. The van der Waals surface area contributed by atoms with E-state index >= 15 is 0 Å². The molecule has 0 unspecified atom stereocenters. The van der Waals surface area contributed by atoms with Gasteiger partial charge in [0.2, 0.25) is 11.8 Å². The number of benzene rings is 2. The lowest BCUT2D eigenvalue weighted by Crippen LogP contribution is -2.24. The number of amides is 1. The minimum absolute atomic E-state index is 0.118. The number of anilines is 1. The third-order valence-electron chi connectivity index (χ3n) is 5.00. The molecule has 0 spiro atoms. The zero-order valence-electron chi connectivity index (χ0n) is 18.4. The number of nitrogens with one attached hydrogen (secondary N) is 1. The van der Waals surface area contributed by atoms with Gasteiger partial charge in [0.1, 0.15) is 6.54 Å². The first-order valence-electron chi connectivity index (χ1n) is 10.5. The van der Waals surface area contributed by atoms with Gasteiger partial charge >= 0.3 is 10.8 Å². The summed E-state index contributed by atoms with van der Waals surface area (Å²) in [7, 11) is 0. The number of hydrogen-bond acceptors (Lipinski definition) is 7. The monoisotopic (exact) mass is 575 g/mol. The maximum absolute atomic E-state index is 12.6. The molecule has 1 aliphatic rings. The van der Waals surface area contributed by atoms with Crippen molar-refractivity contribution < 1.29 is 19.4 Å². The van der Waals surface area contributed by atoms with Crippen LogP contribution in [0, 0.1) is 0 Å². The zero-order chi connectivity index (χ0) is 25.1. The van der Waals surface area contributed by atoms with Gasteiger partial charge in [-0.3, -0.25) is 19.1 Å². The van der Waals surface area contributed by atoms with Gasteiger partial charge in [-0.2, -0.15) is 0 Å². The van der Waals surface area contributed by atoms with Gasteiger partial charge < -0.3 is 15.2 Å². The molecule has 0 aliphatic carbocycles. The largest absolute Gasteiger partial charge is 0.493 e. The van der Waals surface area contributed by atoms with Crippen LogP contribution in [0.4, 0.5) is 11.4 Å². The van der Waals surface area contributed by atoms with Crippen molar-refractivity contribution in [1.29, 1.82) is 0 Å². The van der Waals surface area contributed by atoms with Crippen molar-refractivity contribution in [3.8, 4) is 5.88 Å². The summed E-state index contributed by atoms with van der Waals surface area (Å²) in [4.78, 5) is 41.4. The topological polar surface area (TPSA) is 110 Å². The summed E-state index contributed by atoms with van der Waals surface area (Å²) in [6.45, 7) is 1.70. The number of carbonyl (C=O) groups is 2. The van der Waals surface area contributed by atoms with Crippen LogP contribution in [0.5, 0.6) is 5.88 Å². The third-order valence-corrected chi connectivity index (χ3v) is 6.74. The smallest absolute Gasteiger partial charge is 0.339 e. The normalized spacial score (nSPS) is 13.2. The summed E-state index contributed by atoms with van der Waals surface area (Å²) < 4.78 is 6.96. The SMILES string of the molecule is CCCOC(=O)c1cc(NC(=O)Cn2c(O)c(C=C3C=Nc4ccc(Br)cc43)sc2=O)ccc1Cl. The van der Waals surface area contributed by atoms with Crippen LogP contribution >= 0.6 is 38.9 Å². The molecule has 180 valence electrons. The van der Waals surface area contributed by atoms with Gasteiger partial charge in [0.15, 0.2) is 0 Å². The van der Waals surface area contributed by atoms with Crippen molar-refractivity contribution in [3.63, 3.8) is 0 Å². The van der Waals surface area contributed by atoms with E-state index in [1.165, 1.54) is 18.2 Å². The van der Waals surface area contributed by atoms with E-state index in [9.17, 15) is 19.5 Å². The number of aliphatic imine (C=N–C) groups is 1. The third kappa shape index (κ3) is 5.55. The summed E-state index contributed by atoms with van der Waals surface area (Å²) in [5.74, 6) is -1.48. The highest BCUT2D eigenvalue weighted by Gasteiger charge is 2.19. The fraction of sp³-hybridized carbons (Fsp3) is 0.167. The average molecular weight is 577 g/mol. The van der Waals surface area contributed by atoms with Crippen LogP contribution in [-0.4, -0.2) is 34.4 Å². The highest BCUT2D eigenvalue weighted by Crippen LogP contribution is 2.36. The van der Waals surface area contributed by atoms with Crippen molar-refractivity contribution in [2.75, 3.05) is 11.9 Å². The second-order valence-corrected chi connectivity index (χ2v) is 9.86. The number of halogens is 2. The lowest BCUT2D eigenvalue weighted by atomic mass is 10.1. The maximum Gasteiger partial charge on any atom is 0.339 e. The minimum Gasteiger partial charge on any atom is -0.493 e. The van der Waals surface area contributed by atoms with E-state index < -0.39 is 23.3 Å². The molecule has 0 fully saturated rings. The first-order valence-corrected chi connectivity index (χ1v) is 12.5. The van der Waals surface area contributed by atoms with E-state index in [1.54, 1.807) is 12.3 Å². The van der Waals surface area contributed by atoms with Crippen molar-refractivity contribution in [1.82, 2.24) is 4.57 Å². The number of ether oxygens (including phenoxy) is 1. The quantitative estimate of drug-likeness (QED) is 0.361. The number of nitrogens with zero attached hydrogens (tertiary/aromatic N) is 2. The molecule has 0 saturated heterocycles. The molecule has 35 heavy (non-hydrogen) atoms. The molecular weight excluding hydrogens is 558 g/mol. The van der Waals surface area contributed by atoms with Crippen LogP contribution in [-0.2, 0) is 16.1 Å². The second-order valence-electron chi connectivity index (χ2n) is 7.54. The Bertz CT molecular complexity index is 1440.